The third kappa shape index (κ3) is 7.96. The maximum Gasteiger partial charge on any atom is 0.411 e. The lowest BCUT2D eigenvalue weighted by atomic mass is 9.44. The van der Waals surface area contributed by atoms with Gasteiger partial charge in [-0.15, -0.1) is 0 Å². The highest BCUT2D eigenvalue weighted by molar-refractivity contribution is 6.01. The number of carbonyl (C=O) groups excluding carboxylic acids is 5. The Morgan fingerprint density at radius 3 is 2.44 bits per heavy atom. The van der Waals surface area contributed by atoms with Crippen LogP contribution in [0.2, 0.25) is 0 Å². The number of allylic oxidation sites excluding steroid dienone is 4. The number of nitrogens with two attached hydrogens (primary N) is 1. The first-order valence-corrected chi connectivity index (χ1v) is 21.7. The molecule has 346 valence electrons. The van der Waals surface area contributed by atoms with Gasteiger partial charge in [0.15, 0.2) is 29.1 Å². The average molecular weight is 895 g/mol. The fourth-order valence-electron chi connectivity index (χ4n) is 10.7. The topological polar surface area (TPSA) is 196 Å². The van der Waals surface area contributed by atoms with Crippen molar-refractivity contribution < 1.29 is 61.2 Å². The lowest BCUT2D eigenvalue weighted by molar-refractivity contribution is -0.235. The molecule has 0 aromatic heterocycles. The molecular weight excluding hydrogens is 838 g/mol. The van der Waals surface area contributed by atoms with Crippen molar-refractivity contribution in [3.05, 3.63) is 89.3 Å². The third-order valence-corrected chi connectivity index (χ3v) is 14.4. The number of rotatable bonds is 14. The van der Waals surface area contributed by atoms with Gasteiger partial charge in [-0.2, -0.15) is 0 Å². The standard InChI is InChI=1S/C47H57F3N4O10/c1-7-54(43(60)62-22-27-11-13-30(14-12-27)53-40(58)26(4)52-41(59)39(51)25(2)3)24-61-23-37(57)47-38(63-42(64-47)28-9-8-10-29(48)17-28)20-32-33-19-35(49)34-18-31(55)15-16-44(34,5)46(33,50)36(56)21-45(32,47)6/h8-18,25-26,32-33,35-36,38-39,42,56H,7,19-24,51H2,1-6H3,(H,52,59)(H,53,58)/t26?,32-,33-,35-,36-,38+,39?,42+,44-,45-,46-,47+/m0/s1. The summed E-state index contributed by atoms with van der Waals surface area (Å²) >= 11 is 0. The highest BCUT2D eigenvalue weighted by Crippen LogP contribution is 2.72. The fourth-order valence-corrected chi connectivity index (χ4v) is 10.7. The number of hydrogen-bond acceptors (Lipinski definition) is 11. The number of aliphatic hydroxyl groups excluding tert-OH is 1. The zero-order valence-electron chi connectivity index (χ0n) is 36.8. The number of fused-ring (bicyclic) bond motifs is 7. The number of alkyl halides is 2. The van der Waals surface area contributed by atoms with Crippen LogP contribution in [0.3, 0.4) is 0 Å². The second-order valence-corrected chi connectivity index (χ2v) is 18.5. The minimum absolute atomic E-state index is 0.0300. The summed E-state index contributed by atoms with van der Waals surface area (Å²) in [5.74, 6) is -4.50. The van der Waals surface area contributed by atoms with E-state index in [-0.39, 0.29) is 50.6 Å². The van der Waals surface area contributed by atoms with Crippen LogP contribution in [-0.4, -0.2) is 101 Å². The molecule has 64 heavy (non-hydrogen) atoms. The van der Waals surface area contributed by atoms with E-state index in [9.17, 15) is 33.5 Å². The number of ether oxygens (including phenoxy) is 4. The van der Waals surface area contributed by atoms with Crippen molar-refractivity contribution in [2.24, 2.45) is 34.3 Å². The van der Waals surface area contributed by atoms with Gasteiger partial charge in [-0.3, -0.25) is 24.1 Å². The van der Waals surface area contributed by atoms with E-state index in [1.807, 2.05) is 0 Å². The molecule has 0 bridgehead atoms. The van der Waals surface area contributed by atoms with Crippen molar-refractivity contribution in [1.82, 2.24) is 10.2 Å². The van der Waals surface area contributed by atoms with Crippen molar-refractivity contribution in [2.75, 3.05) is 25.2 Å². The lowest BCUT2D eigenvalue weighted by Crippen LogP contribution is -2.70. The van der Waals surface area contributed by atoms with Crippen molar-refractivity contribution in [2.45, 2.75) is 115 Å². The summed E-state index contributed by atoms with van der Waals surface area (Å²) in [5, 5.41) is 17.3. The molecule has 1 aliphatic heterocycles. The molecule has 3 saturated carbocycles. The van der Waals surface area contributed by atoms with E-state index in [1.54, 1.807) is 65.0 Å². The number of nitrogens with zero attached hydrogens (tertiary/aromatic N) is 1. The number of aliphatic hydroxyl groups is 1. The first kappa shape index (κ1) is 47.0. The van der Waals surface area contributed by atoms with Gasteiger partial charge in [0.25, 0.3) is 0 Å². The summed E-state index contributed by atoms with van der Waals surface area (Å²) in [6.45, 7) is 9.05. The Labute approximate surface area is 370 Å². The monoisotopic (exact) mass is 894 g/mol. The molecule has 14 nitrogen and oxygen atoms in total. The van der Waals surface area contributed by atoms with Crippen LogP contribution in [-0.2, 0) is 44.7 Å². The fraction of sp³-hybridized carbons (Fsp3) is 0.553. The minimum Gasteiger partial charge on any atom is -0.444 e. The van der Waals surface area contributed by atoms with Crippen LogP contribution >= 0.6 is 0 Å². The molecular formula is C47H57F3N4O10. The zero-order valence-corrected chi connectivity index (χ0v) is 36.8. The van der Waals surface area contributed by atoms with E-state index in [0.29, 0.717) is 16.8 Å². The smallest absolute Gasteiger partial charge is 0.411 e. The molecule has 0 radical (unpaired) electrons. The molecule has 17 heteroatoms. The summed E-state index contributed by atoms with van der Waals surface area (Å²) in [7, 11) is 0. The Kier molecular flexibility index (Phi) is 13.1. The molecule has 0 spiro atoms. The van der Waals surface area contributed by atoms with Crippen molar-refractivity contribution in [1.29, 1.82) is 0 Å². The Hall–Kier alpha value is -4.94. The zero-order chi connectivity index (χ0) is 46.5. The number of nitrogens with one attached hydrogen (secondary N) is 2. The number of amides is 3. The van der Waals surface area contributed by atoms with Gasteiger partial charge < -0.3 is 40.4 Å². The quantitative estimate of drug-likeness (QED) is 0.174. The molecule has 1 heterocycles. The molecule has 4 fully saturated rings. The van der Waals surface area contributed by atoms with Gasteiger partial charge in [-0.1, -0.05) is 51.1 Å². The van der Waals surface area contributed by atoms with Gasteiger partial charge >= 0.3 is 6.09 Å². The average Bonchev–Trinajstić information content (AvgIpc) is 3.76. The van der Waals surface area contributed by atoms with Gasteiger partial charge in [0.1, 0.15) is 38.0 Å². The molecule has 2 unspecified atom stereocenters. The van der Waals surface area contributed by atoms with Crippen LogP contribution in [0.1, 0.15) is 78.2 Å². The van der Waals surface area contributed by atoms with Crippen LogP contribution < -0.4 is 16.4 Å². The number of hydrogen-bond donors (Lipinski definition) is 4. The van der Waals surface area contributed by atoms with Gasteiger partial charge in [0.05, 0.1) is 18.2 Å². The Bertz CT molecular complexity index is 2220. The second-order valence-electron chi connectivity index (χ2n) is 18.5. The van der Waals surface area contributed by atoms with Crippen molar-refractivity contribution in [3.8, 4) is 0 Å². The molecule has 4 aliphatic carbocycles. The molecule has 5 N–H and O–H groups in total. The summed E-state index contributed by atoms with van der Waals surface area (Å²) in [4.78, 5) is 66.4. The normalized spacial score (nSPS) is 33.5. The molecule has 1 saturated heterocycles. The Balaban J connectivity index is 1.02. The highest BCUT2D eigenvalue weighted by Gasteiger charge is 2.80. The van der Waals surface area contributed by atoms with E-state index in [2.05, 4.69) is 10.6 Å². The second kappa shape index (κ2) is 17.8. The van der Waals surface area contributed by atoms with Crippen LogP contribution in [0.25, 0.3) is 0 Å². The predicted octanol–water partition coefficient (Wildman–Crippen LogP) is 5.54. The lowest BCUT2D eigenvalue weighted by Gasteiger charge is -2.63. The molecule has 2 aromatic rings. The molecule has 5 aliphatic rings. The number of Topliss-reactive ketones (excluding diaryl/α,β-unsaturated/α-hetero) is 1. The number of anilines is 1. The van der Waals surface area contributed by atoms with Gasteiger partial charge in [-0.25, -0.2) is 18.0 Å². The summed E-state index contributed by atoms with van der Waals surface area (Å²) in [6.07, 6.45) is -3.37. The van der Waals surface area contributed by atoms with Crippen LogP contribution in [0, 0.1) is 34.4 Å². The number of carbonyl (C=O) groups is 5. The van der Waals surface area contributed by atoms with Gasteiger partial charge in [0, 0.05) is 34.5 Å². The number of ketones is 2. The van der Waals surface area contributed by atoms with E-state index < -0.39 is 113 Å². The first-order valence-electron chi connectivity index (χ1n) is 21.7. The Morgan fingerprint density at radius 1 is 1.05 bits per heavy atom. The van der Waals surface area contributed by atoms with Crippen LogP contribution in [0.15, 0.2) is 72.3 Å². The summed E-state index contributed by atoms with van der Waals surface area (Å²) in [5.41, 5.74) is -0.0858. The molecule has 7 rings (SSSR count). The molecule has 12 atom stereocenters. The largest absolute Gasteiger partial charge is 0.444 e. The maximum absolute atomic E-state index is 17.9. The summed E-state index contributed by atoms with van der Waals surface area (Å²) in [6, 6.07) is 10.4. The van der Waals surface area contributed by atoms with E-state index in [0.717, 1.165) is 6.08 Å². The highest BCUT2D eigenvalue weighted by atomic mass is 19.1. The SMILES string of the molecule is CCN(COCC(=O)[C@@]12O[C@H](c3cccc(F)c3)O[C@@H]1C[C@H]1[C@@H]3C[C@H](F)C4=CC(=O)C=C[C@]4(C)[C@@]3(F)[C@@H](O)C[C@@]12C)C(=O)OCc1ccc(NC(=O)C(C)NC(=O)C(N)C(C)C)cc1. The molecule has 3 amide bonds. The predicted molar refractivity (Wildman–Crippen MR) is 226 cm³/mol. The van der Waals surface area contributed by atoms with Crippen molar-refractivity contribution in [3.63, 3.8) is 0 Å². The molecule has 2 aromatic carbocycles. The van der Waals surface area contributed by atoms with Crippen LogP contribution in [0.5, 0.6) is 0 Å². The first-order chi connectivity index (χ1) is 30.2. The van der Waals surface area contributed by atoms with E-state index in [4.69, 9.17) is 24.7 Å². The van der Waals surface area contributed by atoms with Crippen molar-refractivity contribution >= 4 is 35.2 Å². The van der Waals surface area contributed by atoms with Gasteiger partial charge in [0.2, 0.25) is 11.8 Å². The number of benzene rings is 2. The van der Waals surface area contributed by atoms with E-state index in [1.165, 1.54) is 42.2 Å². The third-order valence-electron chi connectivity index (χ3n) is 14.4. The summed E-state index contributed by atoms with van der Waals surface area (Å²) < 4.78 is 72.9. The Morgan fingerprint density at radius 2 is 1.77 bits per heavy atom. The van der Waals surface area contributed by atoms with Gasteiger partial charge in [-0.05, 0) is 99.4 Å². The van der Waals surface area contributed by atoms with E-state index >= 15 is 8.78 Å². The minimum atomic E-state index is -2.41. The number of halogens is 3. The maximum atomic E-state index is 17.9. The van der Waals surface area contributed by atoms with Crippen LogP contribution in [0.4, 0.5) is 23.7 Å².